The Kier molecular flexibility index (Phi) is 8.16. The molecule has 1 amide bonds. The topological polar surface area (TPSA) is 73.2 Å². The van der Waals surface area contributed by atoms with E-state index in [1.54, 1.807) is 16.7 Å². The highest BCUT2D eigenvalue weighted by Gasteiger charge is 2.19. The van der Waals surface area contributed by atoms with Crippen molar-refractivity contribution in [1.29, 1.82) is 0 Å². The maximum absolute atomic E-state index is 14.1. The van der Waals surface area contributed by atoms with Crippen molar-refractivity contribution in [3.05, 3.63) is 125 Å². The smallest absolute Gasteiger partial charge is 0.268 e. The maximum atomic E-state index is 14.1. The van der Waals surface area contributed by atoms with Crippen LogP contribution in [-0.4, -0.2) is 27.8 Å². The monoisotopic (exact) mass is 589 g/mol. The third-order valence-electron chi connectivity index (χ3n) is 6.68. The first-order valence-electron chi connectivity index (χ1n) is 13.5. The molecule has 8 heteroatoms. The van der Waals surface area contributed by atoms with E-state index in [0.29, 0.717) is 33.4 Å². The molecule has 208 valence electrons. The Morgan fingerprint density at radius 3 is 2.19 bits per heavy atom. The van der Waals surface area contributed by atoms with Gasteiger partial charge in [0.05, 0.1) is 23.4 Å². The summed E-state index contributed by atoms with van der Waals surface area (Å²) in [5.41, 5.74) is 5.26. The van der Waals surface area contributed by atoms with Crippen molar-refractivity contribution in [2.75, 3.05) is 17.7 Å². The Morgan fingerprint density at radius 1 is 0.857 bits per heavy atom. The Bertz CT molecular complexity index is 1880. The molecule has 0 spiro atoms. The first-order valence-corrected chi connectivity index (χ1v) is 15.4. The minimum absolute atomic E-state index is 0.0944. The van der Waals surface area contributed by atoms with Crippen LogP contribution in [0.1, 0.15) is 6.92 Å². The third kappa shape index (κ3) is 5.86. The number of carbonyl (C=O) groups excluding carboxylic acids is 1. The molecule has 6 aromatic rings. The number of benzene rings is 4. The molecule has 6 nitrogen and oxygen atoms in total. The largest absolute Gasteiger partial charge is 0.494 e. The van der Waals surface area contributed by atoms with Crippen LogP contribution in [0.15, 0.2) is 125 Å². The molecule has 1 N–H and O–H groups in total. The lowest BCUT2D eigenvalue weighted by atomic mass is 10.0. The molecular formula is C34H27N3O3S2. The molecule has 0 aliphatic heterocycles. The first kappa shape index (κ1) is 27.5. The van der Waals surface area contributed by atoms with E-state index in [1.807, 2.05) is 85.1 Å². The molecule has 0 radical (unpaired) electrons. The summed E-state index contributed by atoms with van der Waals surface area (Å²) < 4.78 is 7.07. The second-order valence-electron chi connectivity index (χ2n) is 9.44. The molecule has 0 bridgehead atoms. The fourth-order valence-electron chi connectivity index (χ4n) is 4.69. The Labute approximate surface area is 251 Å². The summed E-state index contributed by atoms with van der Waals surface area (Å²) in [7, 11) is 0. The molecule has 2 aromatic heterocycles. The van der Waals surface area contributed by atoms with E-state index in [2.05, 4.69) is 29.6 Å². The van der Waals surface area contributed by atoms with Crippen LogP contribution in [-0.2, 0) is 4.79 Å². The van der Waals surface area contributed by atoms with Crippen LogP contribution in [0.2, 0.25) is 0 Å². The molecule has 2 heterocycles. The fourth-order valence-corrected chi connectivity index (χ4v) is 6.49. The van der Waals surface area contributed by atoms with Crippen LogP contribution in [0.25, 0.3) is 38.2 Å². The molecule has 4 aromatic carbocycles. The van der Waals surface area contributed by atoms with Gasteiger partial charge in [0, 0.05) is 16.6 Å². The van der Waals surface area contributed by atoms with Crippen LogP contribution in [0.4, 0.5) is 5.69 Å². The molecular weight excluding hydrogens is 563 g/mol. The van der Waals surface area contributed by atoms with E-state index in [4.69, 9.17) is 9.72 Å². The van der Waals surface area contributed by atoms with Gasteiger partial charge < -0.3 is 10.1 Å². The molecule has 0 fully saturated rings. The Morgan fingerprint density at radius 2 is 1.50 bits per heavy atom. The van der Waals surface area contributed by atoms with Gasteiger partial charge in [-0.05, 0) is 60.0 Å². The highest BCUT2D eigenvalue weighted by atomic mass is 32.2. The number of carbonyl (C=O) groups is 1. The number of nitrogens with zero attached hydrogens (tertiary/aromatic N) is 2. The van der Waals surface area contributed by atoms with Crippen LogP contribution in [0.5, 0.6) is 5.75 Å². The number of rotatable bonds is 9. The molecule has 0 saturated carbocycles. The number of aromatic nitrogens is 2. The third-order valence-corrected chi connectivity index (χ3v) is 8.49. The molecule has 0 unspecified atom stereocenters. The highest BCUT2D eigenvalue weighted by molar-refractivity contribution is 7.99. The predicted molar refractivity (Wildman–Crippen MR) is 173 cm³/mol. The first-order chi connectivity index (χ1) is 20.6. The summed E-state index contributed by atoms with van der Waals surface area (Å²) in [4.78, 5) is 32.5. The van der Waals surface area contributed by atoms with Gasteiger partial charge in [0.1, 0.15) is 10.6 Å². The van der Waals surface area contributed by atoms with Gasteiger partial charge in [-0.15, -0.1) is 11.3 Å². The van der Waals surface area contributed by atoms with Crippen molar-refractivity contribution in [2.45, 2.75) is 12.1 Å². The minimum atomic E-state index is -0.191. The number of hydrogen-bond donors (Lipinski definition) is 1. The normalized spacial score (nSPS) is 11.0. The highest BCUT2D eigenvalue weighted by Crippen LogP contribution is 2.34. The average molecular weight is 590 g/mol. The maximum Gasteiger partial charge on any atom is 0.268 e. The zero-order valence-electron chi connectivity index (χ0n) is 22.8. The van der Waals surface area contributed by atoms with Crippen LogP contribution in [0.3, 0.4) is 0 Å². The van der Waals surface area contributed by atoms with Crippen molar-refractivity contribution in [1.82, 2.24) is 9.55 Å². The van der Waals surface area contributed by atoms with E-state index in [-0.39, 0.29) is 17.2 Å². The number of amides is 1. The second-order valence-corrected chi connectivity index (χ2v) is 11.2. The van der Waals surface area contributed by atoms with Crippen molar-refractivity contribution in [3.8, 4) is 33.7 Å². The van der Waals surface area contributed by atoms with E-state index < -0.39 is 0 Å². The summed E-state index contributed by atoms with van der Waals surface area (Å²) in [5, 5.41) is 5.93. The molecule has 42 heavy (non-hydrogen) atoms. The quantitative estimate of drug-likeness (QED) is 0.137. The number of nitrogens with one attached hydrogen (secondary N) is 1. The number of anilines is 1. The molecule has 0 atom stereocenters. The van der Waals surface area contributed by atoms with Gasteiger partial charge >= 0.3 is 0 Å². The SMILES string of the molecule is CCOc1ccc(NC(=O)CSc2nc3scc(-c4ccc(-c5ccccc5)cc4)c3c(=O)n2-c2ccccc2)cc1. The van der Waals surface area contributed by atoms with E-state index >= 15 is 0 Å². The summed E-state index contributed by atoms with van der Waals surface area (Å²) in [6, 6.07) is 35.1. The van der Waals surface area contributed by atoms with Crippen molar-refractivity contribution in [2.24, 2.45) is 0 Å². The summed E-state index contributed by atoms with van der Waals surface area (Å²) in [6.07, 6.45) is 0. The number of ether oxygens (including phenoxy) is 1. The van der Waals surface area contributed by atoms with Crippen molar-refractivity contribution in [3.63, 3.8) is 0 Å². The number of fused-ring (bicyclic) bond motifs is 1. The number of para-hydroxylation sites is 1. The van der Waals surface area contributed by atoms with Gasteiger partial charge in [0.2, 0.25) is 5.91 Å². The molecule has 6 rings (SSSR count). The van der Waals surface area contributed by atoms with Gasteiger partial charge in [-0.25, -0.2) is 4.98 Å². The molecule has 0 saturated heterocycles. The van der Waals surface area contributed by atoms with E-state index in [9.17, 15) is 9.59 Å². The zero-order valence-corrected chi connectivity index (χ0v) is 24.5. The zero-order chi connectivity index (χ0) is 28.9. The number of thioether (sulfide) groups is 1. The fraction of sp³-hybridized carbons (Fsp3) is 0.0882. The number of hydrogen-bond acceptors (Lipinski definition) is 6. The molecule has 0 aliphatic carbocycles. The van der Waals surface area contributed by atoms with E-state index in [0.717, 1.165) is 28.0 Å². The van der Waals surface area contributed by atoms with Gasteiger partial charge in [0.15, 0.2) is 5.16 Å². The van der Waals surface area contributed by atoms with Crippen LogP contribution in [0, 0.1) is 0 Å². The van der Waals surface area contributed by atoms with Gasteiger partial charge in [-0.1, -0.05) is 84.6 Å². The Hall–Kier alpha value is -4.66. The summed E-state index contributed by atoms with van der Waals surface area (Å²) in [6.45, 7) is 2.50. The minimum Gasteiger partial charge on any atom is -0.494 e. The van der Waals surface area contributed by atoms with Crippen LogP contribution >= 0.6 is 23.1 Å². The average Bonchev–Trinajstić information content (AvgIpc) is 3.46. The van der Waals surface area contributed by atoms with Crippen molar-refractivity contribution < 1.29 is 9.53 Å². The Balaban J connectivity index is 1.31. The standard InChI is InChI=1S/C34H27N3O3S2/c1-2-40-28-19-17-26(18-20-28)35-30(38)22-42-34-36-32-31(33(39)37(34)27-11-7-4-8-12-27)29(21-41-32)25-15-13-24(14-16-25)23-9-5-3-6-10-23/h3-21H,2,22H2,1H3,(H,35,38). The summed E-state index contributed by atoms with van der Waals surface area (Å²) in [5.74, 6) is 0.650. The lowest BCUT2D eigenvalue weighted by Crippen LogP contribution is -2.22. The van der Waals surface area contributed by atoms with Crippen LogP contribution < -0.4 is 15.6 Å². The van der Waals surface area contributed by atoms with Gasteiger partial charge in [-0.3, -0.25) is 14.2 Å². The lowest BCUT2D eigenvalue weighted by Gasteiger charge is -2.13. The number of thiophene rings is 1. The van der Waals surface area contributed by atoms with Gasteiger partial charge in [0.25, 0.3) is 5.56 Å². The van der Waals surface area contributed by atoms with Gasteiger partial charge in [-0.2, -0.15) is 0 Å². The molecule has 0 aliphatic rings. The lowest BCUT2D eigenvalue weighted by molar-refractivity contribution is -0.113. The van der Waals surface area contributed by atoms with Crippen molar-refractivity contribution >= 4 is 44.9 Å². The predicted octanol–water partition coefficient (Wildman–Crippen LogP) is 7.91. The summed E-state index contributed by atoms with van der Waals surface area (Å²) >= 11 is 2.67. The van der Waals surface area contributed by atoms with E-state index in [1.165, 1.54) is 23.1 Å². The second kappa shape index (κ2) is 12.5.